The molecule has 1 aliphatic heterocycles. The molecule has 0 fully saturated rings. The lowest BCUT2D eigenvalue weighted by molar-refractivity contribution is -0.129. The van der Waals surface area contributed by atoms with Crippen molar-refractivity contribution in [2.75, 3.05) is 20.3 Å². The Morgan fingerprint density at radius 3 is 2.27 bits per heavy atom. The average Bonchev–Trinajstić information content (AvgIpc) is 3.40. The molecule has 0 radical (unpaired) electrons. The van der Waals surface area contributed by atoms with Gasteiger partial charge in [-0.1, -0.05) is 88.7 Å². The minimum atomic E-state index is -1.30. The number of hydrazine groups is 1. The van der Waals surface area contributed by atoms with Crippen molar-refractivity contribution in [1.29, 1.82) is 0 Å². The van der Waals surface area contributed by atoms with E-state index in [1.165, 1.54) is 0 Å². The summed E-state index contributed by atoms with van der Waals surface area (Å²) in [5.74, 6) is 0.760. The summed E-state index contributed by atoms with van der Waals surface area (Å²) < 4.78 is 13.2. The molecule has 1 amide bonds. The first-order valence-electron chi connectivity index (χ1n) is 13.5. The van der Waals surface area contributed by atoms with E-state index >= 15 is 0 Å². The van der Waals surface area contributed by atoms with E-state index in [2.05, 4.69) is 38.9 Å². The molecule has 0 spiro atoms. The summed E-state index contributed by atoms with van der Waals surface area (Å²) in [7, 11) is 1.66. The molecular formula is C33H32BrN3O4. The normalized spacial score (nSPS) is 17.9. The van der Waals surface area contributed by atoms with Crippen LogP contribution in [0.1, 0.15) is 29.2 Å². The molecule has 3 N–H and O–H groups in total. The molecule has 0 bridgehead atoms. The molecule has 4 aromatic rings. The molecule has 0 aromatic heterocycles. The molecule has 5 rings (SSSR count). The predicted molar refractivity (Wildman–Crippen MR) is 164 cm³/mol. The van der Waals surface area contributed by atoms with Crippen molar-refractivity contribution in [3.05, 3.63) is 124 Å². The van der Waals surface area contributed by atoms with Gasteiger partial charge in [0.2, 0.25) is 5.90 Å². The minimum Gasteiger partial charge on any atom is -0.494 e. The van der Waals surface area contributed by atoms with Crippen LogP contribution in [0, 0.1) is 0 Å². The summed E-state index contributed by atoms with van der Waals surface area (Å²) in [6.07, 6.45) is 0.169. The monoisotopic (exact) mass is 613 g/mol. The number of nitrogens with one attached hydrogen (secondary N) is 2. The van der Waals surface area contributed by atoms with Crippen LogP contribution in [0.4, 0.5) is 0 Å². The van der Waals surface area contributed by atoms with E-state index in [9.17, 15) is 4.79 Å². The number of ether oxygens (including phenoxy) is 2. The van der Waals surface area contributed by atoms with Crippen molar-refractivity contribution >= 4 is 27.7 Å². The van der Waals surface area contributed by atoms with Crippen LogP contribution >= 0.6 is 15.9 Å². The molecule has 0 saturated heterocycles. The van der Waals surface area contributed by atoms with Crippen molar-refractivity contribution in [2.24, 2.45) is 4.99 Å². The van der Waals surface area contributed by atoms with E-state index in [1.807, 2.05) is 91.0 Å². The number of halogens is 1. The molecule has 0 unspecified atom stereocenters. The Morgan fingerprint density at radius 2 is 1.59 bits per heavy atom. The highest BCUT2D eigenvalue weighted by Crippen LogP contribution is 2.43. The van der Waals surface area contributed by atoms with Gasteiger partial charge in [-0.15, -0.1) is 0 Å². The lowest BCUT2D eigenvalue weighted by Gasteiger charge is -2.31. The number of carbonyl (C=O) groups excluding carboxylic acids is 1. The van der Waals surface area contributed by atoms with Crippen LogP contribution in [0.3, 0.4) is 0 Å². The second-order valence-electron chi connectivity index (χ2n) is 9.75. The fraction of sp³-hybridized carbons (Fsp3) is 0.212. The van der Waals surface area contributed by atoms with Crippen LogP contribution in [0.5, 0.6) is 5.75 Å². The summed E-state index contributed by atoms with van der Waals surface area (Å²) in [6.45, 7) is 0.498. The summed E-state index contributed by atoms with van der Waals surface area (Å²) in [4.78, 5) is 19.0. The van der Waals surface area contributed by atoms with E-state index in [1.54, 1.807) is 7.05 Å². The van der Waals surface area contributed by atoms with E-state index in [0.29, 0.717) is 31.1 Å². The number of nitrogens with zero attached hydrogens (tertiary/aromatic N) is 1. The summed E-state index contributed by atoms with van der Waals surface area (Å²) >= 11 is 3.66. The molecule has 1 aliphatic rings. The quantitative estimate of drug-likeness (QED) is 0.151. The molecule has 7 nitrogen and oxygen atoms in total. The van der Waals surface area contributed by atoms with Crippen molar-refractivity contribution in [3.8, 4) is 16.9 Å². The Balaban J connectivity index is 1.56. The highest BCUT2D eigenvalue weighted by atomic mass is 79.9. The Bertz CT molecular complexity index is 1490. The van der Waals surface area contributed by atoms with Gasteiger partial charge in [-0.05, 0) is 52.6 Å². The van der Waals surface area contributed by atoms with Gasteiger partial charge in [0.1, 0.15) is 5.75 Å². The van der Waals surface area contributed by atoms with Gasteiger partial charge in [-0.3, -0.25) is 10.2 Å². The number of rotatable bonds is 11. The fourth-order valence-electron chi connectivity index (χ4n) is 4.92. The number of benzene rings is 4. The van der Waals surface area contributed by atoms with Crippen molar-refractivity contribution in [2.45, 2.75) is 24.5 Å². The van der Waals surface area contributed by atoms with Crippen LogP contribution in [-0.2, 0) is 16.0 Å². The fourth-order valence-corrected chi connectivity index (χ4v) is 5.34. The highest BCUT2D eigenvalue weighted by molar-refractivity contribution is 9.10. The zero-order valence-electron chi connectivity index (χ0n) is 22.7. The average molecular weight is 615 g/mol. The molecule has 8 heteroatoms. The van der Waals surface area contributed by atoms with Crippen LogP contribution in [0.2, 0.25) is 0 Å². The molecule has 210 valence electrons. The van der Waals surface area contributed by atoms with Crippen LogP contribution in [0.15, 0.2) is 113 Å². The van der Waals surface area contributed by atoms with Crippen molar-refractivity contribution < 1.29 is 19.4 Å². The third kappa shape index (κ3) is 6.35. The first-order valence-corrected chi connectivity index (χ1v) is 14.3. The number of aliphatic hydroxyl groups is 1. The zero-order valence-corrected chi connectivity index (χ0v) is 24.3. The van der Waals surface area contributed by atoms with Crippen LogP contribution in [-0.4, -0.2) is 42.7 Å². The van der Waals surface area contributed by atoms with Gasteiger partial charge < -0.3 is 14.6 Å². The lowest BCUT2D eigenvalue weighted by atomic mass is 9.82. The molecule has 1 heterocycles. The van der Waals surface area contributed by atoms with Crippen molar-refractivity contribution in [1.82, 2.24) is 10.9 Å². The number of aliphatic imine (C=N–C) groups is 1. The number of hydrogen-bond donors (Lipinski definition) is 3. The van der Waals surface area contributed by atoms with Gasteiger partial charge in [-0.25, -0.2) is 10.4 Å². The van der Waals surface area contributed by atoms with Gasteiger partial charge in [0.15, 0.2) is 11.6 Å². The van der Waals surface area contributed by atoms with E-state index in [4.69, 9.17) is 19.6 Å². The van der Waals surface area contributed by atoms with Gasteiger partial charge in [0.25, 0.3) is 5.91 Å². The van der Waals surface area contributed by atoms with Crippen LogP contribution < -0.4 is 15.6 Å². The highest BCUT2D eigenvalue weighted by Gasteiger charge is 2.53. The molecule has 41 heavy (non-hydrogen) atoms. The number of aliphatic hydroxyl groups excluding tert-OH is 1. The molecule has 0 aliphatic carbocycles. The second kappa shape index (κ2) is 13.1. The van der Waals surface area contributed by atoms with Crippen molar-refractivity contribution in [3.63, 3.8) is 0 Å². The maximum absolute atomic E-state index is 13.9. The summed E-state index contributed by atoms with van der Waals surface area (Å²) in [6, 6.07) is 33.5. The smallest absolute Gasteiger partial charge is 0.266 e. The first-order chi connectivity index (χ1) is 20.0. The third-order valence-electron chi connectivity index (χ3n) is 7.01. The number of hydrogen-bond acceptors (Lipinski definition) is 6. The summed E-state index contributed by atoms with van der Waals surface area (Å²) in [5.41, 5.74) is 8.96. The Morgan fingerprint density at radius 1 is 0.927 bits per heavy atom. The third-order valence-corrected chi connectivity index (χ3v) is 7.78. The van der Waals surface area contributed by atoms with Gasteiger partial charge in [0, 0.05) is 36.5 Å². The Hall–Kier alpha value is -3.98. The van der Waals surface area contributed by atoms with Gasteiger partial charge in [-0.2, -0.15) is 0 Å². The topological polar surface area (TPSA) is 92.2 Å². The number of carbonyl (C=O) groups is 1. The molecular weight excluding hydrogens is 582 g/mol. The Kier molecular flexibility index (Phi) is 9.14. The van der Waals surface area contributed by atoms with E-state index in [0.717, 1.165) is 32.3 Å². The number of amides is 1. The van der Waals surface area contributed by atoms with E-state index < -0.39 is 11.6 Å². The van der Waals surface area contributed by atoms with Crippen LogP contribution in [0.25, 0.3) is 11.1 Å². The molecule has 0 saturated carbocycles. The lowest BCUT2D eigenvalue weighted by Crippen LogP contribution is -2.53. The maximum atomic E-state index is 13.9. The largest absolute Gasteiger partial charge is 0.494 e. The zero-order chi connectivity index (χ0) is 28.7. The summed E-state index contributed by atoms with van der Waals surface area (Å²) in [5, 5.41) is 9.03. The molecule has 2 atom stereocenters. The first kappa shape index (κ1) is 28.5. The molecule has 4 aromatic carbocycles. The predicted octanol–water partition coefficient (Wildman–Crippen LogP) is 5.63. The van der Waals surface area contributed by atoms with Gasteiger partial charge >= 0.3 is 0 Å². The minimum absolute atomic E-state index is 0.0741. The second-order valence-corrected chi connectivity index (χ2v) is 10.6. The maximum Gasteiger partial charge on any atom is 0.266 e. The SMILES string of the molecule is CNNC(=O)[C@@]1(Cc2ccccc2Br)N=C(c2ccc(OCCCO)cc2)O[C@H]1c1ccc(-c2ccccc2)cc1. The van der Waals surface area contributed by atoms with E-state index in [-0.39, 0.29) is 12.5 Å². The standard InChI is InChI=1S/C33H32BrN3O4/c1-35-37-32(39)33(22-27-10-5-6-11-29(27)34)30(25-14-12-24(13-15-25)23-8-3-2-4-9-23)41-31(36-33)26-16-18-28(19-17-26)40-21-7-20-38/h2-6,8-19,30,35,38H,7,20-22H2,1H3,(H,37,39)/t30-,33-/m0/s1. The Labute approximate surface area is 248 Å². The van der Waals surface area contributed by atoms with Gasteiger partial charge in [0.05, 0.1) is 6.61 Å².